The van der Waals surface area contributed by atoms with Crippen LogP contribution < -0.4 is 5.06 Å². The molecule has 0 radical (unpaired) electrons. The Kier molecular flexibility index (Phi) is 4.34. The van der Waals surface area contributed by atoms with Crippen molar-refractivity contribution in [1.82, 2.24) is 0 Å². The normalized spacial score (nSPS) is 10.7. The molecule has 0 bridgehead atoms. The molecule has 0 aliphatic rings. The van der Waals surface area contributed by atoms with Gasteiger partial charge in [0.1, 0.15) is 0 Å². The van der Waals surface area contributed by atoms with E-state index in [2.05, 4.69) is 0 Å². The van der Waals surface area contributed by atoms with Gasteiger partial charge in [0, 0.05) is 10.6 Å². The van der Waals surface area contributed by atoms with Crippen LogP contribution in [-0.2, 0) is 0 Å². The molecule has 2 rings (SSSR count). The van der Waals surface area contributed by atoms with Gasteiger partial charge < -0.3 is 0 Å². The summed E-state index contributed by atoms with van der Waals surface area (Å²) in [5.41, 5.74) is -2.10. The summed E-state index contributed by atoms with van der Waals surface area (Å²) in [6.45, 7) is 0. The number of anilines is 1. The number of hydroxylamine groups is 1. The van der Waals surface area contributed by atoms with Gasteiger partial charge in [0.15, 0.2) is 29.0 Å². The van der Waals surface area contributed by atoms with Crippen LogP contribution in [-0.4, -0.2) is 11.1 Å². The topological polar surface area (TPSA) is 40.5 Å². The average molecular weight is 338 g/mol. The minimum absolute atomic E-state index is 0.0664. The number of carbonyl (C=O) groups is 1. The Balaban J connectivity index is 2.55. The van der Waals surface area contributed by atoms with E-state index >= 15 is 0 Å². The molecule has 0 saturated carbocycles. The molecule has 1 N–H and O–H groups in total. The van der Waals surface area contributed by atoms with Crippen molar-refractivity contribution < 1.29 is 32.0 Å². The standard InChI is InChI=1S/C13H5ClF5NO2/c14-6-3-1-2-5(4-6)13(21)20(22)12-10(18)8(16)7(15)9(17)11(12)19/h1-4,22H. The maximum Gasteiger partial charge on any atom is 0.282 e. The Hall–Kier alpha value is -2.19. The highest BCUT2D eigenvalue weighted by Crippen LogP contribution is 2.30. The Morgan fingerprint density at radius 1 is 0.955 bits per heavy atom. The first-order chi connectivity index (χ1) is 10.3. The van der Waals surface area contributed by atoms with E-state index in [9.17, 15) is 32.0 Å². The second-order valence-electron chi connectivity index (χ2n) is 4.05. The zero-order valence-corrected chi connectivity index (χ0v) is 11.1. The third kappa shape index (κ3) is 2.62. The summed E-state index contributed by atoms with van der Waals surface area (Å²) in [4.78, 5) is 11.9. The summed E-state index contributed by atoms with van der Waals surface area (Å²) < 4.78 is 66.0. The van der Waals surface area contributed by atoms with E-state index < -0.39 is 45.7 Å². The number of hydrogen-bond donors (Lipinski definition) is 1. The molecule has 3 nitrogen and oxygen atoms in total. The molecular weight excluding hydrogens is 333 g/mol. The predicted molar refractivity (Wildman–Crippen MR) is 66.3 cm³/mol. The number of nitrogens with zero attached hydrogens (tertiary/aromatic N) is 1. The minimum Gasteiger partial charge on any atom is -0.280 e. The van der Waals surface area contributed by atoms with Crippen LogP contribution in [0.3, 0.4) is 0 Å². The van der Waals surface area contributed by atoms with Crippen molar-refractivity contribution >= 4 is 23.2 Å². The maximum atomic E-state index is 13.5. The van der Waals surface area contributed by atoms with E-state index in [4.69, 9.17) is 11.6 Å². The smallest absolute Gasteiger partial charge is 0.280 e. The van der Waals surface area contributed by atoms with Crippen LogP contribution in [0, 0.1) is 29.1 Å². The first-order valence-electron chi connectivity index (χ1n) is 5.56. The van der Waals surface area contributed by atoms with Gasteiger partial charge >= 0.3 is 0 Å². The predicted octanol–water partition coefficient (Wildman–Crippen LogP) is 4.07. The molecule has 0 unspecified atom stereocenters. The number of hydrogen-bond acceptors (Lipinski definition) is 2. The highest BCUT2D eigenvalue weighted by molar-refractivity contribution is 6.31. The first-order valence-corrected chi connectivity index (χ1v) is 5.93. The summed E-state index contributed by atoms with van der Waals surface area (Å²) >= 11 is 5.60. The van der Waals surface area contributed by atoms with Crippen LogP contribution in [0.15, 0.2) is 24.3 Å². The van der Waals surface area contributed by atoms with Crippen molar-refractivity contribution in [2.75, 3.05) is 5.06 Å². The van der Waals surface area contributed by atoms with E-state index in [0.29, 0.717) is 0 Å². The largest absolute Gasteiger partial charge is 0.282 e. The molecule has 116 valence electrons. The van der Waals surface area contributed by atoms with Gasteiger partial charge in [0.2, 0.25) is 5.82 Å². The van der Waals surface area contributed by atoms with E-state index in [0.717, 1.165) is 12.1 Å². The molecule has 0 heterocycles. The van der Waals surface area contributed by atoms with Crippen LogP contribution in [0.1, 0.15) is 10.4 Å². The molecule has 9 heteroatoms. The van der Waals surface area contributed by atoms with Crippen molar-refractivity contribution in [3.63, 3.8) is 0 Å². The molecule has 22 heavy (non-hydrogen) atoms. The molecule has 2 aromatic rings. The lowest BCUT2D eigenvalue weighted by atomic mass is 10.2. The second-order valence-corrected chi connectivity index (χ2v) is 4.48. The van der Waals surface area contributed by atoms with Crippen LogP contribution in [0.25, 0.3) is 0 Å². The zero-order valence-electron chi connectivity index (χ0n) is 10.4. The van der Waals surface area contributed by atoms with Crippen molar-refractivity contribution in [1.29, 1.82) is 0 Å². The molecule has 0 spiro atoms. The summed E-state index contributed by atoms with van der Waals surface area (Å²) in [6.07, 6.45) is 0. The summed E-state index contributed by atoms with van der Waals surface area (Å²) in [5, 5.41) is 8.94. The fraction of sp³-hybridized carbons (Fsp3) is 0. The van der Waals surface area contributed by atoms with Crippen molar-refractivity contribution in [2.45, 2.75) is 0 Å². The van der Waals surface area contributed by atoms with Crippen LogP contribution in [0.5, 0.6) is 0 Å². The van der Waals surface area contributed by atoms with Gasteiger partial charge in [0.25, 0.3) is 5.91 Å². The number of amides is 1. The monoisotopic (exact) mass is 337 g/mol. The fourth-order valence-electron chi connectivity index (χ4n) is 1.62. The molecule has 0 atom stereocenters. The molecular formula is C13H5ClF5NO2. The van der Waals surface area contributed by atoms with Gasteiger partial charge in [-0.25, -0.2) is 22.0 Å². The lowest BCUT2D eigenvalue weighted by molar-refractivity contribution is 0.0847. The molecule has 0 saturated heterocycles. The summed E-state index contributed by atoms with van der Waals surface area (Å²) in [5.74, 6) is -13.1. The van der Waals surface area contributed by atoms with Gasteiger partial charge in [-0.2, -0.15) is 5.06 Å². The van der Waals surface area contributed by atoms with E-state index in [-0.39, 0.29) is 10.6 Å². The zero-order chi connectivity index (χ0) is 16.6. The minimum atomic E-state index is -2.40. The Labute approximate surface area is 125 Å². The second kappa shape index (κ2) is 5.90. The maximum absolute atomic E-state index is 13.5. The quantitative estimate of drug-likeness (QED) is 0.295. The van der Waals surface area contributed by atoms with Gasteiger partial charge in [-0.05, 0) is 18.2 Å². The number of carbonyl (C=O) groups excluding carboxylic acids is 1. The Bertz CT molecular complexity index is 739. The van der Waals surface area contributed by atoms with Gasteiger partial charge in [-0.1, -0.05) is 17.7 Å². The molecule has 0 aliphatic carbocycles. The van der Waals surface area contributed by atoms with Gasteiger partial charge in [-0.3, -0.25) is 10.0 Å². The molecule has 0 aliphatic heterocycles. The highest BCUT2D eigenvalue weighted by Gasteiger charge is 2.31. The molecule has 1 amide bonds. The molecule has 0 fully saturated rings. The van der Waals surface area contributed by atoms with Crippen LogP contribution in [0.4, 0.5) is 27.6 Å². The molecule has 0 aromatic heterocycles. The Morgan fingerprint density at radius 2 is 1.45 bits per heavy atom. The summed E-state index contributed by atoms with van der Waals surface area (Å²) in [7, 11) is 0. The van der Waals surface area contributed by atoms with Crippen LogP contribution in [0.2, 0.25) is 5.02 Å². The van der Waals surface area contributed by atoms with Crippen molar-refractivity contribution in [3.8, 4) is 0 Å². The fourth-order valence-corrected chi connectivity index (χ4v) is 1.81. The molecule has 2 aromatic carbocycles. The van der Waals surface area contributed by atoms with Crippen molar-refractivity contribution in [3.05, 3.63) is 63.9 Å². The van der Waals surface area contributed by atoms with Gasteiger partial charge in [0.05, 0.1) is 0 Å². The summed E-state index contributed by atoms with van der Waals surface area (Å²) in [6, 6.07) is 4.84. The number of halogens is 6. The first kappa shape index (κ1) is 16.2. The number of benzene rings is 2. The lowest BCUT2D eigenvalue weighted by Gasteiger charge is -2.17. The van der Waals surface area contributed by atoms with E-state index in [1.165, 1.54) is 12.1 Å². The Morgan fingerprint density at radius 3 is 1.95 bits per heavy atom. The third-order valence-electron chi connectivity index (χ3n) is 2.66. The third-order valence-corrected chi connectivity index (χ3v) is 2.90. The lowest BCUT2D eigenvalue weighted by Crippen LogP contribution is -2.30. The van der Waals surface area contributed by atoms with Crippen LogP contribution >= 0.6 is 11.6 Å². The van der Waals surface area contributed by atoms with Crippen molar-refractivity contribution in [2.24, 2.45) is 0 Å². The van der Waals surface area contributed by atoms with E-state index in [1.54, 1.807) is 0 Å². The SMILES string of the molecule is O=C(c1cccc(Cl)c1)N(O)c1c(F)c(F)c(F)c(F)c1F. The average Bonchev–Trinajstić information content (AvgIpc) is 2.50. The number of rotatable bonds is 2. The van der Waals surface area contributed by atoms with Gasteiger partial charge in [-0.15, -0.1) is 0 Å². The highest BCUT2D eigenvalue weighted by atomic mass is 35.5. The van der Waals surface area contributed by atoms with E-state index in [1.807, 2.05) is 0 Å².